The molecule has 0 radical (unpaired) electrons. The van der Waals surface area contributed by atoms with Gasteiger partial charge < -0.3 is 9.64 Å². The molecule has 0 bridgehead atoms. The number of piperidine rings is 1. The van der Waals surface area contributed by atoms with Crippen LogP contribution in [0.4, 0.5) is 0 Å². The van der Waals surface area contributed by atoms with Crippen molar-refractivity contribution < 1.29 is 9.53 Å². The van der Waals surface area contributed by atoms with Crippen molar-refractivity contribution in [2.75, 3.05) is 20.2 Å². The lowest BCUT2D eigenvalue weighted by Gasteiger charge is -2.36. The predicted octanol–water partition coefficient (Wildman–Crippen LogP) is 1.67. The average molecular weight is 211 g/mol. The van der Waals surface area contributed by atoms with E-state index in [9.17, 15) is 4.79 Å². The molecule has 0 spiro atoms. The number of methoxy groups -OCH3 is 1. The highest BCUT2D eigenvalue weighted by molar-refractivity contribution is 5.88. The summed E-state index contributed by atoms with van der Waals surface area (Å²) in [5.74, 6) is 1.59. The summed E-state index contributed by atoms with van der Waals surface area (Å²) in [5.41, 5.74) is -0.430. The van der Waals surface area contributed by atoms with E-state index in [1.807, 2.05) is 4.90 Å². The Morgan fingerprint density at radius 1 is 1.33 bits per heavy atom. The number of carbonyl (C=O) groups excluding carboxylic acids is 1. The zero-order chi connectivity index (χ0) is 11.1. The minimum absolute atomic E-state index is 0.226. The van der Waals surface area contributed by atoms with E-state index < -0.39 is 5.60 Å². The van der Waals surface area contributed by atoms with Crippen LogP contribution in [-0.4, -0.2) is 36.6 Å². The first-order valence-corrected chi connectivity index (χ1v) is 5.93. The fourth-order valence-corrected chi connectivity index (χ4v) is 2.35. The van der Waals surface area contributed by atoms with Crippen LogP contribution in [0, 0.1) is 11.8 Å². The second kappa shape index (κ2) is 3.78. The summed E-state index contributed by atoms with van der Waals surface area (Å²) in [4.78, 5) is 14.2. The number of likely N-dealkylation sites (tertiary alicyclic amines) is 1. The van der Waals surface area contributed by atoms with Crippen molar-refractivity contribution in [3.63, 3.8) is 0 Å². The second-order valence-electron chi connectivity index (χ2n) is 5.19. The van der Waals surface area contributed by atoms with Crippen LogP contribution in [0.15, 0.2) is 0 Å². The van der Waals surface area contributed by atoms with E-state index in [4.69, 9.17) is 4.74 Å². The Morgan fingerprint density at radius 2 is 2.00 bits per heavy atom. The molecule has 1 heterocycles. The fourth-order valence-electron chi connectivity index (χ4n) is 2.35. The molecule has 2 rings (SSSR count). The van der Waals surface area contributed by atoms with Gasteiger partial charge in [0.15, 0.2) is 0 Å². The summed E-state index contributed by atoms with van der Waals surface area (Å²) < 4.78 is 5.33. The van der Waals surface area contributed by atoms with Crippen LogP contribution in [0.3, 0.4) is 0 Å². The number of rotatable bonds is 2. The Kier molecular flexibility index (Phi) is 2.75. The van der Waals surface area contributed by atoms with Crippen LogP contribution >= 0.6 is 0 Å². The minimum atomic E-state index is -0.430. The van der Waals surface area contributed by atoms with Crippen molar-refractivity contribution in [2.45, 2.75) is 38.7 Å². The van der Waals surface area contributed by atoms with Gasteiger partial charge in [-0.2, -0.15) is 0 Å². The van der Waals surface area contributed by atoms with Gasteiger partial charge in [0.25, 0.3) is 5.91 Å². The van der Waals surface area contributed by atoms with Crippen LogP contribution in [-0.2, 0) is 9.53 Å². The van der Waals surface area contributed by atoms with E-state index in [2.05, 4.69) is 13.8 Å². The van der Waals surface area contributed by atoms with Crippen molar-refractivity contribution in [3.05, 3.63) is 0 Å². The highest BCUT2D eigenvalue weighted by Crippen LogP contribution is 2.41. The first kappa shape index (κ1) is 10.9. The Labute approximate surface area is 91.8 Å². The summed E-state index contributed by atoms with van der Waals surface area (Å²) in [5, 5.41) is 0. The largest absolute Gasteiger partial charge is 0.368 e. The SMILES string of the molecule is COC1(C(=O)N2CC[C@@H](C)[C@@H](C)C2)CC1. The van der Waals surface area contributed by atoms with E-state index in [1.54, 1.807) is 7.11 Å². The van der Waals surface area contributed by atoms with Crippen LogP contribution in [0.5, 0.6) is 0 Å². The summed E-state index contributed by atoms with van der Waals surface area (Å²) >= 11 is 0. The smallest absolute Gasteiger partial charge is 0.254 e. The second-order valence-corrected chi connectivity index (χ2v) is 5.19. The van der Waals surface area contributed by atoms with E-state index >= 15 is 0 Å². The molecule has 2 fully saturated rings. The first-order chi connectivity index (χ1) is 7.09. The normalized spacial score (nSPS) is 33.9. The maximum atomic E-state index is 12.2. The molecular formula is C12H21NO2. The molecule has 2 aliphatic rings. The average Bonchev–Trinajstić information content (AvgIpc) is 3.02. The monoisotopic (exact) mass is 211 g/mol. The van der Waals surface area contributed by atoms with Crippen molar-refractivity contribution in [1.29, 1.82) is 0 Å². The molecule has 1 saturated carbocycles. The molecule has 0 aromatic rings. The number of hydrogen-bond acceptors (Lipinski definition) is 2. The minimum Gasteiger partial charge on any atom is -0.368 e. The Hall–Kier alpha value is -0.570. The van der Waals surface area contributed by atoms with E-state index in [0.29, 0.717) is 5.92 Å². The number of hydrogen-bond donors (Lipinski definition) is 0. The lowest BCUT2D eigenvalue weighted by molar-refractivity contribution is -0.147. The van der Waals surface area contributed by atoms with Gasteiger partial charge in [-0.15, -0.1) is 0 Å². The van der Waals surface area contributed by atoms with E-state index in [-0.39, 0.29) is 5.91 Å². The van der Waals surface area contributed by atoms with Gasteiger partial charge in [-0.3, -0.25) is 4.79 Å². The molecular weight excluding hydrogens is 190 g/mol. The van der Waals surface area contributed by atoms with Gasteiger partial charge in [-0.25, -0.2) is 0 Å². The zero-order valence-electron chi connectivity index (χ0n) is 9.95. The van der Waals surface area contributed by atoms with Crippen LogP contribution in [0.2, 0.25) is 0 Å². The topological polar surface area (TPSA) is 29.5 Å². The van der Waals surface area contributed by atoms with Crippen LogP contribution in [0.1, 0.15) is 33.1 Å². The molecule has 1 amide bonds. The highest BCUT2D eigenvalue weighted by atomic mass is 16.5. The number of carbonyl (C=O) groups is 1. The Morgan fingerprint density at radius 3 is 2.47 bits per heavy atom. The molecule has 1 saturated heterocycles. The van der Waals surface area contributed by atoms with Gasteiger partial charge in [0.1, 0.15) is 5.60 Å². The Bertz CT molecular complexity index is 260. The van der Waals surface area contributed by atoms with Gasteiger partial charge in [-0.05, 0) is 31.1 Å². The van der Waals surface area contributed by atoms with Gasteiger partial charge in [0.2, 0.25) is 0 Å². The van der Waals surface area contributed by atoms with Gasteiger partial charge in [-0.1, -0.05) is 13.8 Å². The summed E-state index contributed by atoms with van der Waals surface area (Å²) in [6, 6.07) is 0. The first-order valence-electron chi connectivity index (χ1n) is 5.93. The molecule has 86 valence electrons. The van der Waals surface area contributed by atoms with E-state index in [1.165, 1.54) is 0 Å². The van der Waals surface area contributed by atoms with Crippen molar-refractivity contribution >= 4 is 5.91 Å². The van der Waals surface area contributed by atoms with Crippen LogP contribution in [0.25, 0.3) is 0 Å². The molecule has 0 aromatic heterocycles. The molecule has 0 N–H and O–H groups in total. The van der Waals surface area contributed by atoms with Crippen LogP contribution < -0.4 is 0 Å². The molecule has 1 aliphatic carbocycles. The molecule has 15 heavy (non-hydrogen) atoms. The molecule has 2 atom stereocenters. The maximum Gasteiger partial charge on any atom is 0.254 e. The quantitative estimate of drug-likeness (QED) is 0.695. The third-order valence-corrected chi connectivity index (χ3v) is 4.11. The molecule has 0 aromatic carbocycles. The lowest BCUT2D eigenvalue weighted by atomic mass is 9.88. The summed E-state index contributed by atoms with van der Waals surface area (Å²) in [6.07, 6.45) is 2.94. The number of ether oxygens (including phenoxy) is 1. The van der Waals surface area contributed by atoms with Gasteiger partial charge in [0.05, 0.1) is 0 Å². The third kappa shape index (κ3) is 1.89. The Balaban J connectivity index is 1.97. The summed E-state index contributed by atoms with van der Waals surface area (Å²) in [6.45, 7) is 6.33. The zero-order valence-corrected chi connectivity index (χ0v) is 9.95. The van der Waals surface area contributed by atoms with Crippen molar-refractivity contribution in [3.8, 4) is 0 Å². The highest BCUT2D eigenvalue weighted by Gasteiger charge is 2.52. The lowest BCUT2D eigenvalue weighted by Crippen LogP contribution is -2.48. The standard InChI is InChI=1S/C12H21NO2/c1-9-4-7-13(8-10(9)2)11(14)12(15-3)5-6-12/h9-10H,4-8H2,1-3H3/t9-,10+/m1/s1. The van der Waals surface area contributed by atoms with Gasteiger partial charge >= 0.3 is 0 Å². The maximum absolute atomic E-state index is 12.2. The molecule has 3 heteroatoms. The molecule has 3 nitrogen and oxygen atoms in total. The fraction of sp³-hybridized carbons (Fsp3) is 0.917. The predicted molar refractivity (Wildman–Crippen MR) is 58.5 cm³/mol. The number of nitrogens with zero attached hydrogens (tertiary/aromatic N) is 1. The number of amides is 1. The molecule has 0 unspecified atom stereocenters. The summed E-state index contributed by atoms with van der Waals surface area (Å²) in [7, 11) is 1.65. The van der Waals surface area contributed by atoms with Crippen molar-refractivity contribution in [1.82, 2.24) is 4.90 Å². The van der Waals surface area contributed by atoms with Crippen molar-refractivity contribution in [2.24, 2.45) is 11.8 Å². The van der Waals surface area contributed by atoms with Gasteiger partial charge in [0, 0.05) is 20.2 Å². The molecule has 1 aliphatic heterocycles. The van der Waals surface area contributed by atoms with E-state index in [0.717, 1.165) is 38.3 Å². The third-order valence-electron chi connectivity index (χ3n) is 4.11.